The van der Waals surface area contributed by atoms with Crippen LogP contribution in [0, 0.1) is 12.8 Å². The summed E-state index contributed by atoms with van der Waals surface area (Å²) in [6.45, 7) is 16.5. The molecule has 2 unspecified atom stereocenters. The summed E-state index contributed by atoms with van der Waals surface area (Å²) in [5.74, 6) is 0.634. The molecule has 0 amide bonds. The van der Waals surface area contributed by atoms with Crippen LogP contribution in [-0.2, 0) is 31.1 Å². The van der Waals surface area contributed by atoms with E-state index in [1.54, 1.807) is 51.5 Å². The van der Waals surface area contributed by atoms with Gasteiger partial charge < -0.3 is 24.8 Å². The van der Waals surface area contributed by atoms with Gasteiger partial charge in [0, 0.05) is 15.3 Å². The summed E-state index contributed by atoms with van der Waals surface area (Å²) in [6, 6.07) is 18.6. The van der Waals surface area contributed by atoms with Crippen LogP contribution in [0.25, 0.3) is 22.4 Å². The van der Waals surface area contributed by atoms with E-state index >= 15 is 0 Å². The molecule has 3 aromatic rings. The molecule has 211 valence electrons. The Morgan fingerprint density at radius 3 is 2.23 bits per heavy atom. The minimum atomic E-state index is -0.995. The summed E-state index contributed by atoms with van der Waals surface area (Å²) < 4.78 is 0.639. The average molecular weight is 686 g/mol. The van der Waals surface area contributed by atoms with Crippen molar-refractivity contribution in [3.63, 3.8) is 0 Å². The van der Waals surface area contributed by atoms with Gasteiger partial charge in [-0.1, -0.05) is 37.2 Å². The van der Waals surface area contributed by atoms with Gasteiger partial charge in [0.2, 0.25) is 0 Å². The van der Waals surface area contributed by atoms with Crippen molar-refractivity contribution in [2.24, 2.45) is 5.92 Å². The molecule has 0 fully saturated rings. The molecule has 2 atom stereocenters. The zero-order valence-corrected chi connectivity index (χ0v) is 30.9. The number of fused-ring (bicyclic) bond motifs is 1. The van der Waals surface area contributed by atoms with Crippen LogP contribution in [0.15, 0.2) is 59.7 Å². The molecule has 7 rings (SSSR count). The van der Waals surface area contributed by atoms with Crippen molar-refractivity contribution in [3.05, 3.63) is 91.7 Å². The first-order valence-electron chi connectivity index (χ1n) is 14.6. The molecule has 0 N–H and O–H groups in total. The molecule has 2 aliphatic carbocycles. The molecule has 5 heteroatoms. The van der Waals surface area contributed by atoms with E-state index in [2.05, 4.69) is 102 Å². The SMILES string of the molecule is CC1=C2c3cc(C)sc3C1[Si]2(C)C.CCCCCCc1ccc(-c2cccc3c2C=C(C(C)C)[CH]3[Zr+2])cc1.[Cl-].[Cl-]. The summed E-state index contributed by atoms with van der Waals surface area (Å²) in [6.07, 6.45) is 9.02. The van der Waals surface area contributed by atoms with Gasteiger partial charge in [-0.25, -0.2) is 0 Å². The first kappa shape index (κ1) is 33.8. The minimum absolute atomic E-state index is 0. The van der Waals surface area contributed by atoms with Crippen LogP contribution in [0.4, 0.5) is 0 Å². The third-order valence-electron chi connectivity index (χ3n) is 8.95. The van der Waals surface area contributed by atoms with Gasteiger partial charge in [0.15, 0.2) is 0 Å². The van der Waals surface area contributed by atoms with Crippen molar-refractivity contribution in [2.45, 2.75) is 89.0 Å². The van der Waals surface area contributed by atoms with Gasteiger partial charge in [0.05, 0.1) is 8.07 Å². The summed E-state index contributed by atoms with van der Waals surface area (Å²) in [5.41, 5.74) is 13.0. The molecule has 2 aliphatic heterocycles. The number of halogens is 2. The van der Waals surface area contributed by atoms with E-state index in [0.717, 1.165) is 5.54 Å². The van der Waals surface area contributed by atoms with Crippen LogP contribution in [0.2, 0.25) is 13.1 Å². The monoisotopic (exact) mass is 683 g/mol. The van der Waals surface area contributed by atoms with Crippen molar-refractivity contribution in [1.29, 1.82) is 0 Å². The number of rotatable bonds is 7. The number of benzene rings is 2. The largest absolute Gasteiger partial charge is 1.00 e. The summed E-state index contributed by atoms with van der Waals surface area (Å²) >= 11 is 3.63. The smallest absolute Gasteiger partial charge is 1.00 e. The summed E-state index contributed by atoms with van der Waals surface area (Å²) in [4.78, 5) is 3.19. The predicted octanol–water partition coefficient (Wildman–Crippen LogP) is 4.85. The molecule has 1 aromatic heterocycles. The first-order valence-corrected chi connectivity index (χ1v) is 19.9. The van der Waals surface area contributed by atoms with E-state index in [1.165, 1.54) is 64.8 Å². The molecule has 0 saturated carbocycles. The fourth-order valence-corrected chi connectivity index (χ4v) is 15.1. The molecule has 2 bridgehead atoms. The van der Waals surface area contributed by atoms with Crippen LogP contribution in [0.5, 0.6) is 0 Å². The van der Waals surface area contributed by atoms with E-state index in [1.807, 2.05) is 11.3 Å². The molecule has 0 nitrogen and oxygen atoms in total. The quantitative estimate of drug-likeness (QED) is 0.247. The number of unbranched alkanes of at least 4 members (excludes halogenated alkanes) is 3. The fourth-order valence-electron chi connectivity index (χ4n) is 7.07. The number of hydrogen-bond acceptors (Lipinski definition) is 1. The van der Waals surface area contributed by atoms with Gasteiger partial charge in [-0.2, -0.15) is 0 Å². The fraction of sp³-hybridized carbons (Fsp3) is 0.429. The Labute approximate surface area is 275 Å². The maximum absolute atomic E-state index is 2.52. The second-order valence-corrected chi connectivity index (χ2v) is 19.6. The molecule has 3 heterocycles. The van der Waals surface area contributed by atoms with Crippen molar-refractivity contribution < 1.29 is 49.5 Å². The second-order valence-electron chi connectivity index (χ2n) is 12.4. The number of hydrogen-bond donors (Lipinski definition) is 0. The van der Waals surface area contributed by atoms with E-state index in [0.29, 0.717) is 9.54 Å². The van der Waals surface area contributed by atoms with Crippen LogP contribution in [0.3, 0.4) is 0 Å². The topological polar surface area (TPSA) is 0 Å². The maximum Gasteiger partial charge on any atom is -1.00 e. The van der Waals surface area contributed by atoms with E-state index in [4.69, 9.17) is 0 Å². The number of aryl methyl sites for hydroxylation is 2. The van der Waals surface area contributed by atoms with Gasteiger partial charge in [-0.3, -0.25) is 0 Å². The predicted molar refractivity (Wildman–Crippen MR) is 167 cm³/mol. The van der Waals surface area contributed by atoms with Crippen molar-refractivity contribution in [2.75, 3.05) is 0 Å². The average Bonchev–Trinajstić information content (AvgIpc) is 3.55. The van der Waals surface area contributed by atoms with Crippen molar-refractivity contribution >= 4 is 30.7 Å². The van der Waals surface area contributed by atoms with Gasteiger partial charge in [-0.05, 0) is 25.5 Å². The number of thiophene rings is 1. The van der Waals surface area contributed by atoms with Gasteiger partial charge in [-0.15, -0.1) is 11.3 Å². The maximum atomic E-state index is 2.52. The zero-order valence-electron chi connectivity index (χ0n) is 25.1. The molecule has 0 saturated heterocycles. The molecular formula is C35H43Cl2SSiZr. The molecule has 40 heavy (non-hydrogen) atoms. The van der Waals surface area contributed by atoms with E-state index in [-0.39, 0.29) is 24.8 Å². The van der Waals surface area contributed by atoms with Gasteiger partial charge in [0.1, 0.15) is 0 Å². The Bertz CT molecular complexity index is 1400. The van der Waals surface area contributed by atoms with Crippen molar-refractivity contribution in [1.82, 2.24) is 0 Å². The zero-order chi connectivity index (χ0) is 27.2. The molecule has 0 spiro atoms. The third-order valence-corrected chi connectivity index (χ3v) is 16.0. The van der Waals surface area contributed by atoms with Crippen LogP contribution in [-0.4, -0.2) is 8.07 Å². The standard InChI is InChI=1S/C24H29.C11H14SSi.2ClH.Zr/c1-4-5-6-7-9-19-12-14-20(15-13-19)23-11-8-10-21-16-22(18(2)3)17-24(21)23;1-6-5-8-9(12-6)11-7(2)10(8)13(11,3)4;;;/h8,10-18H,4-7,9H2,1-3H3;5,11H,1-4H3;2*1H;/q;;;;+2/p-2. The van der Waals surface area contributed by atoms with Gasteiger partial charge >= 0.3 is 156 Å². The van der Waals surface area contributed by atoms with E-state index < -0.39 is 8.07 Å². The third kappa shape index (κ3) is 6.16. The molecule has 0 radical (unpaired) electrons. The Hall–Kier alpha value is -0.700. The Balaban J connectivity index is 0.000000247. The minimum Gasteiger partial charge on any atom is -1.00 e. The van der Waals surface area contributed by atoms with Crippen LogP contribution < -0.4 is 24.8 Å². The molecule has 2 aromatic carbocycles. The second kappa shape index (κ2) is 13.7. The first-order chi connectivity index (χ1) is 18.1. The molecule has 4 aliphatic rings. The van der Waals surface area contributed by atoms with Crippen LogP contribution >= 0.6 is 11.3 Å². The van der Waals surface area contributed by atoms with Gasteiger partial charge in [0.25, 0.3) is 0 Å². The van der Waals surface area contributed by atoms with Crippen LogP contribution in [0.1, 0.15) is 94.6 Å². The normalized spacial score (nSPS) is 19.1. The summed E-state index contributed by atoms with van der Waals surface area (Å²) in [7, 11) is -0.995. The Kier molecular flexibility index (Phi) is 11.6. The Morgan fingerprint density at radius 1 is 0.925 bits per heavy atom. The van der Waals surface area contributed by atoms with E-state index in [9.17, 15) is 0 Å². The summed E-state index contributed by atoms with van der Waals surface area (Å²) in [5, 5.41) is 1.77. The number of allylic oxidation sites excluding steroid dienone is 2. The van der Waals surface area contributed by atoms with Crippen molar-refractivity contribution in [3.8, 4) is 11.1 Å². The Morgan fingerprint density at radius 2 is 1.62 bits per heavy atom. The molecular weight excluding hydrogens is 643 g/mol.